The van der Waals surface area contributed by atoms with Crippen LogP contribution in [0.15, 0.2) is 12.1 Å². The Morgan fingerprint density at radius 3 is 2.81 bits per heavy atom. The summed E-state index contributed by atoms with van der Waals surface area (Å²) in [6.07, 6.45) is 2.05. The van der Waals surface area contributed by atoms with Gasteiger partial charge in [-0.2, -0.15) is 0 Å². The van der Waals surface area contributed by atoms with E-state index in [0.717, 1.165) is 9.21 Å². The van der Waals surface area contributed by atoms with Crippen molar-refractivity contribution in [3.8, 4) is 0 Å². The molecule has 0 aromatic carbocycles. The Morgan fingerprint density at radius 1 is 1.50 bits per heavy atom. The van der Waals surface area contributed by atoms with Gasteiger partial charge in [0.05, 0.1) is 22.1 Å². The van der Waals surface area contributed by atoms with Crippen LogP contribution in [0, 0.1) is 0 Å². The van der Waals surface area contributed by atoms with Crippen molar-refractivity contribution in [2.24, 2.45) is 0 Å². The molecule has 2 nitrogen and oxygen atoms in total. The third-order valence-corrected chi connectivity index (χ3v) is 4.18. The van der Waals surface area contributed by atoms with Crippen LogP contribution >= 0.6 is 22.9 Å². The van der Waals surface area contributed by atoms with E-state index in [9.17, 15) is 5.11 Å². The molecule has 4 heteroatoms. The van der Waals surface area contributed by atoms with E-state index in [-0.39, 0.29) is 5.60 Å². The smallest absolute Gasteiger partial charge is 0.0931 e. The SMILES string of the molecule is CC1(C)CC(O)(Cc2ccc(Cl)s2)CCO1. The first-order valence-electron chi connectivity index (χ1n) is 5.49. The molecule has 0 amide bonds. The molecule has 0 saturated carbocycles. The second kappa shape index (κ2) is 4.30. The summed E-state index contributed by atoms with van der Waals surface area (Å²) in [4.78, 5) is 1.14. The minimum atomic E-state index is -0.643. The first-order valence-corrected chi connectivity index (χ1v) is 6.69. The molecule has 1 aromatic rings. The number of halogens is 1. The third kappa shape index (κ3) is 2.98. The standard InChI is InChI=1S/C12H17ClO2S/c1-11(2)8-12(14,5-6-15-11)7-9-3-4-10(13)16-9/h3-4,14H,5-8H2,1-2H3. The van der Waals surface area contributed by atoms with Crippen molar-refractivity contribution in [3.05, 3.63) is 21.3 Å². The minimum absolute atomic E-state index is 0.228. The highest BCUT2D eigenvalue weighted by molar-refractivity contribution is 7.16. The van der Waals surface area contributed by atoms with Gasteiger partial charge in [-0.1, -0.05) is 11.6 Å². The highest BCUT2D eigenvalue weighted by atomic mass is 35.5. The molecule has 1 N–H and O–H groups in total. The molecule has 1 aliphatic heterocycles. The van der Waals surface area contributed by atoms with Crippen molar-refractivity contribution in [3.63, 3.8) is 0 Å². The van der Waals surface area contributed by atoms with Crippen LogP contribution in [0.3, 0.4) is 0 Å². The molecule has 1 saturated heterocycles. The number of ether oxygens (including phenoxy) is 1. The normalized spacial score (nSPS) is 29.2. The lowest BCUT2D eigenvalue weighted by Gasteiger charge is -2.41. The fourth-order valence-corrected chi connectivity index (χ4v) is 3.59. The molecule has 1 aliphatic rings. The number of rotatable bonds is 2. The average Bonchev–Trinajstić information content (AvgIpc) is 2.47. The molecule has 2 heterocycles. The molecule has 0 spiro atoms. The summed E-state index contributed by atoms with van der Waals surface area (Å²) in [6, 6.07) is 3.88. The molecule has 0 bridgehead atoms. The minimum Gasteiger partial charge on any atom is -0.389 e. The van der Waals surface area contributed by atoms with E-state index >= 15 is 0 Å². The van der Waals surface area contributed by atoms with Gasteiger partial charge in [-0.15, -0.1) is 11.3 Å². The van der Waals surface area contributed by atoms with Gasteiger partial charge < -0.3 is 9.84 Å². The molecular weight excluding hydrogens is 244 g/mol. The molecule has 90 valence electrons. The molecule has 1 atom stereocenters. The van der Waals surface area contributed by atoms with Crippen LogP contribution in [0.4, 0.5) is 0 Å². The highest BCUT2D eigenvalue weighted by Gasteiger charge is 2.39. The Labute approximate surface area is 105 Å². The monoisotopic (exact) mass is 260 g/mol. The Hall–Kier alpha value is -0.0900. The fourth-order valence-electron chi connectivity index (χ4n) is 2.37. The summed E-state index contributed by atoms with van der Waals surface area (Å²) < 4.78 is 6.40. The van der Waals surface area contributed by atoms with Gasteiger partial charge in [0.15, 0.2) is 0 Å². The summed E-state index contributed by atoms with van der Waals surface area (Å²) in [6.45, 7) is 4.68. The van der Waals surface area contributed by atoms with E-state index in [1.54, 1.807) is 11.3 Å². The number of hydrogen-bond donors (Lipinski definition) is 1. The van der Waals surface area contributed by atoms with Crippen molar-refractivity contribution in [1.82, 2.24) is 0 Å². The molecule has 1 aromatic heterocycles. The lowest BCUT2D eigenvalue weighted by molar-refractivity contribution is -0.143. The summed E-state index contributed by atoms with van der Waals surface area (Å²) in [7, 11) is 0. The quantitative estimate of drug-likeness (QED) is 0.885. The fraction of sp³-hybridized carbons (Fsp3) is 0.667. The topological polar surface area (TPSA) is 29.5 Å². The summed E-state index contributed by atoms with van der Waals surface area (Å²) in [5.41, 5.74) is -0.871. The third-order valence-electron chi connectivity index (χ3n) is 2.95. The van der Waals surface area contributed by atoms with Gasteiger partial charge in [-0.3, -0.25) is 0 Å². The number of thiophene rings is 1. The Kier molecular flexibility index (Phi) is 3.32. The first kappa shape index (κ1) is 12.4. The van der Waals surface area contributed by atoms with Gasteiger partial charge in [0.1, 0.15) is 0 Å². The largest absolute Gasteiger partial charge is 0.389 e. The number of hydrogen-bond acceptors (Lipinski definition) is 3. The highest BCUT2D eigenvalue weighted by Crippen LogP contribution is 2.36. The van der Waals surface area contributed by atoms with Crippen LogP contribution in [0.1, 0.15) is 31.6 Å². The van der Waals surface area contributed by atoms with Gasteiger partial charge in [-0.05, 0) is 32.4 Å². The lowest BCUT2D eigenvalue weighted by atomic mass is 9.82. The summed E-state index contributed by atoms with van der Waals surface area (Å²) in [5.74, 6) is 0. The van der Waals surface area contributed by atoms with Crippen LogP contribution in [-0.2, 0) is 11.2 Å². The van der Waals surface area contributed by atoms with Crippen molar-refractivity contribution in [1.29, 1.82) is 0 Å². The number of aliphatic hydroxyl groups is 1. The van der Waals surface area contributed by atoms with Gasteiger partial charge in [0.25, 0.3) is 0 Å². The average molecular weight is 261 g/mol. The second-order valence-electron chi connectivity index (χ2n) is 5.14. The zero-order valence-electron chi connectivity index (χ0n) is 9.62. The van der Waals surface area contributed by atoms with Crippen LogP contribution in [0.2, 0.25) is 4.34 Å². The van der Waals surface area contributed by atoms with Crippen LogP contribution < -0.4 is 0 Å². The van der Waals surface area contributed by atoms with Crippen molar-refractivity contribution in [2.45, 2.75) is 44.3 Å². The molecule has 16 heavy (non-hydrogen) atoms. The predicted octanol–water partition coefficient (Wildman–Crippen LogP) is 3.26. The zero-order chi connectivity index (χ0) is 11.8. The Bertz CT molecular complexity index is 375. The predicted molar refractivity (Wildman–Crippen MR) is 67.2 cm³/mol. The van der Waals surface area contributed by atoms with Crippen molar-refractivity contribution < 1.29 is 9.84 Å². The van der Waals surface area contributed by atoms with Gasteiger partial charge >= 0.3 is 0 Å². The molecular formula is C12H17ClO2S. The van der Waals surface area contributed by atoms with E-state index < -0.39 is 5.60 Å². The maximum absolute atomic E-state index is 10.6. The molecule has 1 fully saturated rings. The van der Waals surface area contributed by atoms with Gasteiger partial charge in [0, 0.05) is 17.7 Å². The Balaban J connectivity index is 2.07. The van der Waals surface area contributed by atoms with E-state index in [1.165, 1.54) is 0 Å². The molecule has 2 rings (SSSR count). The first-order chi connectivity index (χ1) is 7.39. The van der Waals surface area contributed by atoms with Crippen LogP contribution in [0.25, 0.3) is 0 Å². The molecule has 0 radical (unpaired) electrons. The molecule has 1 unspecified atom stereocenters. The Morgan fingerprint density at radius 2 is 2.25 bits per heavy atom. The van der Waals surface area contributed by atoms with Crippen LogP contribution in [0.5, 0.6) is 0 Å². The van der Waals surface area contributed by atoms with Crippen molar-refractivity contribution in [2.75, 3.05) is 6.61 Å². The zero-order valence-corrected chi connectivity index (χ0v) is 11.2. The second-order valence-corrected chi connectivity index (χ2v) is 6.94. The summed E-state index contributed by atoms with van der Waals surface area (Å²) >= 11 is 7.44. The van der Waals surface area contributed by atoms with E-state index in [1.807, 2.05) is 26.0 Å². The summed E-state index contributed by atoms with van der Waals surface area (Å²) in [5, 5.41) is 10.6. The van der Waals surface area contributed by atoms with E-state index in [2.05, 4.69) is 0 Å². The maximum atomic E-state index is 10.6. The lowest BCUT2D eigenvalue weighted by Crippen LogP contribution is -2.47. The molecule has 0 aliphatic carbocycles. The van der Waals surface area contributed by atoms with Crippen molar-refractivity contribution >= 4 is 22.9 Å². The van der Waals surface area contributed by atoms with Gasteiger partial charge in [0.2, 0.25) is 0 Å². The van der Waals surface area contributed by atoms with Gasteiger partial charge in [-0.25, -0.2) is 0 Å². The maximum Gasteiger partial charge on any atom is 0.0931 e. The van der Waals surface area contributed by atoms with Crippen LogP contribution in [-0.4, -0.2) is 22.9 Å². The van der Waals surface area contributed by atoms with E-state index in [4.69, 9.17) is 16.3 Å². The van der Waals surface area contributed by atoms with E-state index in [0.29, 0.717) is 25.9 Å².